The van der Waals surface area contributed by atoms with Crippen molar-refractivity contribution in [2.75, 3.05) is 6.61 Å². The summed E-state index contributed by atoms with van der Waals surface area (Å²) >= 11 is 0. The Morgan fingerprint density at radius 1 is 1.38 bits per heavy atom. The van der Waals surface area contributed by atoms with Gasteiger partial charge in [-0.25, -0.2) is 0 Å². The SMILES string of the molecule is CCO[C@H]1C[C@@H](NC(=O)C(F)(F)c2ccccn2)C12CCCCC2. The standard InChI is InChI=1S/C18H24F2N2O2/c1-2-24-15-12-14(17(15)9-5-3-6-10-17)22-16(23)18(19,20)13-8-4-7-11-21-13/h4,7-8,11,14-15H,2-3,5-6,9-10,12H2,1H3,(H,22,23)/t14-,15+/m1/s1. The second-order valence-corrected chi connectivity index (χ2v) is 6.79. The van der Waals surface area contributed by atoms with E-state index in [2.05, 4.69) is 10.3 Å². The second-order valence-electron chi connectivity index (χ2n) is 6.79. The largest absolute Gasteiger partial charge is 0.378 e. The van der Waals surface area contributed by atoms with Gasteiger partial charge in [-0.15, -0.1) is 0 Å². The average Bonchev–Trinajstić information content (AvgIpc) is 2.62. The summed E-state index contributed by atoms with van der Waals surface area (Å²) in [6.07, 6.45) is 7.09. The third-order valence-corrected chi connectivity index (χ3v) is 5.51. The molecule has 1 N–H and O–H groups in total. The van der Waals surface area contributed by atoms with E-state index in [1.54, 1.807) is 6.07 Å². The maximum Gasteiger partial charge on any atom is 0.366 e. The van der Waals surface area contributed by atoms with E-state index >= 15 is 0 Å². The van der Waals surface area contributed by atoms with Crippen molar-refractivity contribution >= 4 is 5.91 Å². The van der Waals surface area contributed by atoms with Crippen molar-refractivity contribution in [3.63, 3.8) is 0 Å². The lowest BCUT2D eigenvalue weighted by Gasteiger charge is -2.57. The van der Waals surface area contributed by atoms with Crippen LogP contribution in [0.5, 0.6) is 0 Å². The van der Waals surface area contributed by atoms with Crippen LogP contribution in [0.1, 0.15) is 51.1 Å². The van der Waals surface area contributed by atoms with Crippen molar-refractivity contribution < 1.29 is 18.3 Å². The van der Waals surface area contributed by atoms with E-state index in [1.165, 1.54) is 18.3 Å². The van der Waals surface area contributed by atoms with Crippen molar-refractivity contribution in [2.45, 2.75) is 63.5 Å². The van der Waals surface area contributed by atoms with E-state index in [0.29, 0.717) is 13.0 Å². The highest BCUT2D eigenvalue weighted by molar-refractivity contribution is 5.84. The number of hydrogen-bond donors (Lipinski definition) is 1. The summed E-state index contributed by atoms with van der Waals surface area (Å²) in [6.45, 7) is 2.55. The van der Waals surface area contributed by atoms with Gasteiger partial charge in [-0.05, 0) is 38.3 Å². The lowest BCUT2D eigenvalue weighted by atomic mass is 9.55. The zero-order valence-electron chi connectivity index (χ0n) is 13.9. The molecular formula is C18H24F2N2O2. The molecule has 1 spiro atoms. The normalized spacial score (nSPS) is 26.0. The maximum atomic E-state index is 14.4. The maximum absolute atomic E-state index is 14.4. The number of rotatable bonds is 5. The van der Waals surface area contributed by atoms with E-state index in [0.717, 1.165) is 32.1 Å². The molecule has 2 atom stereocenters. The molecule has 0 aromatic carbocycles. The molecule has 1 aromatic rings. The van der Waals surface area contributed by atoms with Crippen molar-refractivity contribution in [1.82, 2.24) is 10.3 Å². The highest BCUT2D eigenvalue weighted by Gasteiger charge is 2.57. The Kier molecular flexibility index (Phi) is 4.85. The minimum absolute atomic E-state index is 0.0663. The summed E-state index contributed by atoms with van der Waals surface area (Å²) < 4.78 is 34.5. The van der Waals surface area contributed by atoms with Crippen molar-refractivity contribution in [3.05, 3.63) is 30.1 Å². The number of hydrogen-bond acceptors (Lipinski definition) is 3. The number of nitrogens with one attached hydrogen (secondary N) is 1. The van der Waals surface area contributed by atoms with Crippen molar-refractivity contribution in [2.24, 2.45) is 5.41 Å². The number of carbonyl (C=O) groups excluding carboxylic acids is 1. The molecule has 0 saturated heterocycles. The fraction of sp³-hybridized carbons (Fsp3) is 0.667. The monoisotopic (exact) mass is 338 g/mol. The molecular weight excluding hydrogens is 314 g/mol. The van der Waals surface area contributed by atoms with Crippen LogP contribution in [-0.4, -0.2) is 29.6 Å². The van der Waals surface area contributed by atoms with Crippen molar-refractivity contribution in [3.8, 4) is 0 Å². The highest BCUT2D eigenvalue weighted by atomic mass is 19.3. The topological polar surface area (TPSA) is 51.2 Å². The average molecular weight is 338 g/mol. The second kappa shape index (κ2) is 6.75. The van der Waals surface area contributed by atoms with Crippen LogP contribution < -0.4 is 5.32 Å². The van der Waals surface area contributed by atoms with Crippen molar-refractivity contribution in [1.29, 1.82) is 0 Å². The van der Waals surface area contributed by atoms with Gasteiger partial charge >= 0.3 is 5.92 Å². The number of ether oxygens (including phenoxy) is 1. The lowest BCUT2D eigenvalue weighted by Crippen LogP contribution is -2.66. The van der Waals surface area contributed by atoms with Gasteiger partial charge in [0.1, 0.15) is 5.69 Å². The number of aromatic nitrogens is 1. The summed E-state index contributed by atoms with van der Waals surface area (Å²) in [5.74, 6) is -4.88. The van der Waals surface area contributed by atoms with Gasteiger partial charge in [-0.2, -0.15) is 8.78 Å². The molecule has 0 bridgehead atoms. The van der Waals surface area contributed by atoms with Crippen LogP contribution in [0.3, 0.4) is 0 Å². The Morgan fingerprint density at radius 3 is 2.75 bits per heavy atom. The third-order valence-electron chi connectivity index (χ3n) is 5.51. The molecule has 6 heteroatoms. The number of halogens is 2. The molecule has 2 saturated carbocycles. The van der Waals surface area contributed by atoms with E-state index in [-0.39, 0.29) is 17.6 Å². The molecule has 2 aliphatic carbocycles. The van der Waals surface area contributed by atoms with Crippen LogP contribution in [0, 0.1) is 5.41 Å². The first-order valence-electron chi connectivity index (χ1n) is 8.72. The van der Waals surface area contributed by atoms with Gasteiger partial charge in [0.15, 0.2) is 0 Å². The molecule has 132 valence electrons. The predicted octanol–water partition coefficient (Wildman–Crippen LogP) is 3.42. The molecule has 3 rings (SSSR count). The summed E-state index contributed by atoms with van der Waals surface area (Å²) in [5.41, 5.74) is -0.690. The summed E-state index contributed by atoms with van der Waals surface area (Å²) in [5, 5.41) is 2.60. The van der Waals surface area contributed by atoms with Gasteiger partial charge < -0.3 is 10.1 Å². The summed E-state index contributed by atoms with van der Waals surface area (Å²) in [4.78, 5) is 15.9. The van der Waals surface area contributed by atoms with Gasteiger partial charge in [0.2, 0.25) is 0 Å². The number of pyridine rings is 1. The molecule has 0 aliphatic heterocycles. The smallest absolute Gasteiger partial charge is 0.366 e. The van der Waals surface area contributed by atoms with E-state index in [1.807, 2.05) is 6.92 Å². The molecule has 4 nitrogen and oxygen atoms in total. The van der Waals surface area contributed by atoms with Gasteiger partial charge in [0, 0.05) is 24.3 Å². The first-order valence-corrected chi connectivity index (χ1v) is 8.72. The van der Waals surface area contributed by atoms with Gasteiger partial charge in [0.05, 0.1) is 6.10 Å². The Bertz CT molecular complexity index is 574. The van der Waals surface area contributed by atoms with E-state index in [4.69, 9.17) is 4.74 Å². The number of carbonyl (C=O) groups is 1. The number of nitrogens with zero attached hydrogens (tertiary/aromatic N) is 1. The van der Waals surface area contributed by atoms with Crippen LogP contribution in [0.25, 0.3) is 0 Å². The molecule has 0 unspecified atom stereocenters. The molecule has 1 heterocycles. The van der Waals surface area contributed by atoms with E-state index < -0.39 is 17.5 Å². The highest BCUT2D eigenvalue weighted by Crippen LogP contribution is 2.53. The van der Waals surface area contributed by atoms with E-state index in [9.17, 15) is 13.6 Å². The van der Waals surface area contributed by atoms with Gasteiger partial charge in [-0.1, -0.05) is 25.3 Å². The Balaban J connectivity index is 1.72. The third kappa shape index (κ3) is 2.92. The molecule has 2 aliphatic rings. The fourth-order valence-electron chi connectivity index (χ4n) is 4.18. The Labute approximate surface area is 141 Å². The van der Waals surface area contributed by atoms with Crippen LogP contribution in [0.15, 0.2) is 24.4 Å². The Morgan fingerprint density at radius 2 is 2.12 bits per heavy atom. The minimum atomic E-state index is -3.62. The zero-order valence-corrected chi connectivity index (χ0v) is 13.9. The van der Waals surface area contributed by atoms with Gasteiger partial charge in [-0.3, -0.25) is 9.78 Å². The minimum Gasteiger partial charge on any atom is -0.378 e. The predicted molar refractivity (Wildman–Crippen MR) is 85.6 cm³/mol. The molecule has 2 fully saturated rings. The molecule has 1 aromatic heterocycles. The zero-order chi connectivity index (χ0) is 17.2. The number of amides is 1. The van der Waals surface area contributed by atoms with Crippen LogP contribution >= 0.6 is 0 Å². The lowest BCUT2D eigenvalue weighted by molar-refractivity contribution is -0.169. The first kappa shape index (κ1) is 17.3. The fourth-order valence-corrected chi connectivity index (χ4v) is 4.18. The number of alkyl halides is 2. The van der Waals surface area contributed by atoms with Crippen LogP contribution in [0.2, 0.25) is 0 Å². The van der Waals surface area contributed by atoms with Crippen LogP contribution in [0.4, 0.5) is 8.78 Å². The Hall–Kier alpha value is -1.56. The summed E-state index contributed by atoms with van der Waals surface area (Å²) in [7, 11) is 0. The molecule has 1 amide bonds. The van der Waals surface area contributed by atoms with Gasteiger partial charge in [0.25, 0.3) is 5.91 Å². The first-order chi connectivity index (χ1) is 11.5. The summed E-state index contributed by atoms with van der Waals surface area (Å²) in [6, 6.07) is 3.95. The molecule has 0 radical (unpaired) electrons. The van der Waals surface area contributed by atoms with Crippen LogP contribution in [-0.2, 0) is 15.5 Å². The quantitative estimate of drug-likeness (QED) is 0.895. The molecule has 24 heavy (non-hydrogen) atoms.